The second-order valence-corrected chi connectivity index (χ2v) is 3.90. The van der Waals surface area contributed by atoms with E-state index in [1.165, 1.54) is 0 Å². The lowest BCUT2D eigenvalue weighted by Crippen LogP contribution is -2.03. The number of carbonyl (C=O) groups excluding carboxylic acids is 1. The molecule has 1 saturated heterocycles. The number of thioether (sulfide) groups is 1. The Morgan fingerprint density at radius 2 is 2.15 bits per heavy atom. The highest BCUT2D eigenvalue weighted by molar-refractivity contribution is 8.02. The molecule has 1 fully saturated rings. The van der Waals surface area contributed by atoms with E-state index in [9.17, 15) is 4.79 Å². The van der Waals surface area contributed by atoms with Crippen LogP contribution in [-0.4, -0.2) is 15.8 Å². The molecule has 3 nitrogen and oxygen atoms in total. The molecule has 3 heterocycles. The summed E-state index contributed by atoms with van der Waals surface area (Å²) in [7, 11) is 0. The summed E-state index contributed by atoms with van der Waals surface area (Å²) in [6.45, 7) is 0. The molecule has 4 heteroatoms. The van der Waals surface area contributed by atoms with E-state index in [0.717, 1.165) is 11.3 Å². The van der Waals surface area contributed by atoms with Gasteiger partial charge in [-0.05, 0) is 17.7 Å². The van der Waals surface area contributed by atoms with Crippen molar-refractivity contribution >= 4 is 17.7 Å². The van der Waals surface area contributed by atoms with E-state index in [0.29, 0.717) is 0 Å². The maximum Gasteiger partial charge on any atom is 0.277 e. The number of amides is 1. The van der Waals surface area contributed by atoms with Gasteiger partial charge in [0.15, 0.2) is 0 Å². The summed E-state index contributed by atoms with van der Waals surface area (Å²) in [4.78, 5) is 16.9. The van der Waals surface area contributed by atoms with Crippen LogP contribution in [0.4, 0.5) is 0 Å². The number of hydrogen-bond acceptors (Lipinski definition) is 3. The van der Waals surface area contributed by atoms with Gasteiger partial charge in [-0.25, -0.2) is 0 Å². The van der Waals surface area contributed by atoms with Gasteiger partial charge in [-0.3, -0.25) is 14.7 Å². The molecular weight excluding hydrogens is 184 g/mol. The van der Waals surface area contributed by atoms with Crippen LogP contribution in [0.2, 0.25) is 0 Å². The van der Waals surface area contributed by atoms with Gasteiger partial charge in [-0.15, -0.1) is 11.8 Å². The second-order valence-electron chi connectivity index (χ2n) is 2.95. The van der Waals surface area contributed by atoms with Crippen LogP contribution in [-0.2, 0) is 4.79 Å². The largest absolute Gasteiger partial charge is 0.284 e. The molecule has 0 aromatic carbocycles. The minimum atomic E-state index is 0.158. The zero-order valence-corrected chi connectivity index (χ0v) is 7.49. The van der Waals surface area contributed by atoms with E-state index in [4.69, 9.17) is 0 Å². The third-order valence-electron chi connectivity index (χ3n) is 2.18. The first kappa shape index (κ1) is 7.15. The lowest BCUT2D eigenvalue weighted by molar-refractivity contribution is -0.113. The third kappa shape index (κ3) is 0.920. The topological polar surface area (TPSA) is 33.0 Å². The molecule has 0 saturated carbocycles. The van der Waals surface area contributed by atoms with Crippen molar-refractivity contribution in [3.8, 4) is 0 Å². The minimum Gasteiger partial charge on any atom is -0.284 e. The SMILES string of the molecule is O=C1C2=CSC(c3ccncc3)N12. The van der Waals surface area contributed by atoms with Crippen molar-refractivity contribution in [1.29, 1.82) is 0 Å². The molecule has 1 aromatic heterocycles. The van der Waals surface area contributed by atoms with Crippen molar-refractivity contribution in [2.24, 2.45) is 0 Å². The Morgan fingerprint density at radius 3 is 2.77 bits per heavy atom. The van der Waals surface area contributed by atoms with Crippen molar-refractivity contribution in [3.05, 3.63) is 41.2 Å². The Morgan fingerprint density at radius 1 is 1.38 bits per heavy atom. The number of nitrogens with zero attached hydrogens (tertiary/aromatic N) is 2. The monoisotopic (exact) mass is 190 g/mol. The van der Waals surface area contributed by atoms with Gasteiger partial charge in [0, 0.05) is 17.8 Å². The average molecular weight is 190 g/mol. The Kier molecular flexibility index (Phi) is 1.29. The third-order valence-corrected chi connectivity index (χ3v) is 3.28. The standard InChI is InChI=1S/C9H6N2OS/c12-8-7-5-13-9(11(7)8)6-1-3-10-4-2-6/h1-5,9H. The van der Waals surface area contributed by atoms with Crippen LogP contribution in [0.15, 0.2) is 35.6 Å². The Balaban J connectivity index is 1.94. The molecule has 0 aliphatic carbocycles. The maximum atomic E-state index is 11.1. The summed E-state index contributed by atoms with van der Waals surface area (Å²) < 4.78 is 0. The fourth-order valence-electron chi connectivity index (χ4n) is 1.46. The van der Waals surface area contributed by atoms with E-state index in [-0.39, 0.29) is 11.3 Å². The van der Waals surface area contributed by atoms with Gasteiger partial charge >= 0.3 is 0 Å². The summed E-state index contributed by atoms with van der Waals surface area (Å²) >= 11 is 1.67. The van der Waals surface area contributed by atoms with Crippen LogP contribution in [0.3, 0.4) is 0 Å². The molecule has 1 atom stereocenters. The Labute approximate surface area is 79.5 Å². The summed E-state index contributed by atoms with van der Waals surface area (Å²) in [6, 6.07) is 3.89. The molecule has 13 heavy (non-hydrogen) atoms. The number of pyridine rings is 1. The van der Waals surface area contributed by atoms with Crippen LogP contribution >= 0.6 is 11.8 Å². The predicted octanol–water partition coefficient (Wildman–Crippen LogP) is 1.51. The van der Waals surface area contributed by atoms with E-state index in [1.807, 2.05) is 17.5 Å². The van der Waals surface area contributed by atoms with Crippen molar-refractivity contribution in [3.63, 3.8) is 0 Å². The van der Waals surface area contributed by atoms with Gasteiger partial charge in [-0.1, -0.05) is 0 Å². The normalized spacial score (nSPS) is 24.3. The molecule has 0 spiro atoms. The first-order valence-electron chi connectivity index (χ1n) is 3.97. The van der Waals surface area contributed by atoms with Crippen molar-refractivity contribution < 1.29 is 4.79 Å². The fraction of sp³-hybridized carbons (Fsp3) is 0.111. The smallest absolute Gasteiger partial charge is 0.277 e. The van der Waals surface area contributed by atoms with Gasteiger partial charge in [0.1, 0.15) is 11.1 Å². The van der Waals surface area contributed by atoms with Crippen molar-refractivity contribution in [2.75, 3.05) is 0 Å². The van der Waals surface area contributed by atoms with Crippen LogP contribution in [0.1, 0.15) is 10.9 Å². The minimum absolute atomic E-state index is 0.158. The van der Waals surface area contributed by atoms with Crippen LogP contribution in [0.25, 0.3) is 0 Å². The van der Waals surface area contributed by atoms with Gasteiger partial charge < -0.3 is 0 Å². The quantitative estimate of drug-likeness (QED) is 0.629. The van der Waals surface area contributed by atoms with Gasteiger partial charge in [0.05, 0.1) is 0 Å². The maximum absolute atomic E-state index is 11.1. The summed E-state index contributed by atoms with van der Waals surface area (Å²) in [6.07, 6.45) is 3.50. The summed E-state index contributed by atoms with van der Waals surface area (Å²) in [5.74, 6) is 0.167. The highest BCUT2D eigenvalue weighted by atomic mass is 32.2. The fourth-order valence-corrected chi connectivity index (χ4v) is 2.58. The van der Waals surface area contributed by atoms with Crippen molar-refractivity contribution in [1.82, 2.24) is 9.88 Å². The van der Waals surface area contributed by atoms with E-state index < -0.39 is 0 Å². The van der Waals surface area contributed by atoms with E-state index in [1.54, 1.807) is 29.1 Å². The molecule has 1 unspecified atom stereocenters. The molecule has 1 aromatic rings. The molecule has 0 bridgehead atoms. The molecular formula is C9H6N2OS. The van der Waals surface area contributed by atoms with E-state index in [2.05, 4.69) is 4.98 Å². The van der Waals surface area contributed by atoms with Crippen molar-refractivity contribution in [2.45, 2.75) is 5.37 Å². The Hall–Kier alpha value is -1.29. The van der Waals surface area contributed by atoms with Crippen LogP contribution < -0.4 is 0 Å². The zero-order valence-electron chi connectivity index (χ0n) is 6.68. The molecule has 3 rings (SSSR count). The predicted molar refractivity (Wildman–Crippen MR) is 49.5 cm³/mol. The average Bonchev–Trinajstić information content (AvgIpc) is 2.67. The van der Waals surface area contributed by atoms with Crippen LogP contribution in [0.5, 0.6) is 0 Å². The molecule has 2 aliphatic heterocycles. The number of hydrogen-bond donors (Lipinski definition) is 0. The second kappa shape index (κ2) is 2.35. The Bertz CT molecular complexity index is 401. The van der Waals surface area contributed by atoms with E-state index >= 15 is 0 Å². The number of rotatable bonds is 1. The van der Waals surface area contributed by atoms with Gasteiger partial charge in [0.2, 0.25) is 0 Å². The summed E-state index contributed by atoms with van der Waals surface area (Å²) in [5, 5.41) is 2.08. The number of fused-ring (bicyclic) bond motifs is 1. The molecule has 64 valence electrons. The zero-order chi connectivity index (χ0) is 8.84. The highest BCUT2D eigenvalue weighted by Gasteiger charge is 2.49. The first-order chi connectivity index (χ1) is 6.38. The molecule has 0 radical (unpaired) electrons. The molecule has 1 amide bonds. The van der Waals surface area contributed by atoms with Gasteiger partial charge in [0.25, 0.3) is 5.91 Å². The number of aromatic nitrogens is 1. The van der Waals surface area contributed by atoms with Gasteiger partial charge in [-0.2, -0.15) is 0 Å². The molecule has 0 N–H and O–H groups in total. The first-order valence-corrected chi connectivity index (χ1v) is 4.91. The lowest BCUT2D eigenvalue weighted by atomic mass is 10.3. The molecule has 2 aliphatic rings. The highest BCUT2D eigenvalue weighted by Crippen LogP contribution is 2.51. The van der Waals surface area contributed by atoms with Crippen LogP contribution in [0, 0.1) is 0 Å². The number of carbonyl (C=O) groups is 1. The lowest BCUT2D eigenvalue weighted by Gasteiger charge is -2.10. The summed E-state index contributed by atoms with van der Waals surface area (Å²) in [5.41, 5.74) is 1.99.